The summed E-state index contributed by atoms with van der Waals surface area (Å²) in [6.45, 7) is 3.07. The van der Waals surface area contributed by atoms with Crippen molar-refractivity contribution in [1.29, 1.82) is 0 Å². The molecule has 0 aliphatic heterocycles. The van der Waals surface area contributed by atoms with Crippen molar-refractivity contribution in [3.63, 3.8) is 0 Å². The highest BCUT2D eigenvalue weighted by atomic mass is 79.9. The first-order chi connectivity index (χ1) is 9.24. The molecule has 1 aromatic heterocycles. The SMILES string of the molecule is CCC(NCc1ccc(Br)s1)c1ccccc1OC. The third-order valence-corrected chi connectivity index (χ3v) is 4.70. The molecule has 1 atom stereocenters. The zero-order chi connectivity index (χ0) is 13.7. The van der Waals surface area contributed by atoms with Crippen molar-refractivity contribution in [2.75, 3.05) is 7.11 Å². The summed E-state index contributed by atoms with van der Waals surface area (Å²) in [7, 11) is 1.72. The van der Waals surface area contributed by atoms with Gasteiger partial charge in [0.25, 0.3) is 0 Å². The zero-order valence-corrected chi connectivity index (χ0v) is 13.6. The largest absolute Gasteiger partial charge is 0.496 e. The fourth-order valence-corrected chi connectivity index (χ4v) is 3.53. The number of benzene rings is 1. The fraction of sp³-hybridized carbons (Fsp3) is 0.333. The molecule has 2 rings (SSSR count). The Kier molecular flexibility index (Phi) is 5.43. The van der Waals surface area contributed by atoms with Crippen molar-refractivity contribution < 1.29 is 4.74 Å². The van der Waals surface area contributed by atoms with Gasteiger partial charge in [-0.25, -0.2) is 0 Å². The minimum absolute atomic E-state index is 0.317. The van der Waals surface area contributed by atoms with Gasteiger partial charge in [-0.15, -0.1) is 11.3 Å². The molecule has 102 valence electrons. The molecule has 0 aliphatic rings. The van der Waals surface area contributed by atoms with E-state index < -0.39 is 0 Å². The Bertz CT molecular complexity index is 526. The van der Waals surface area contributed by atoms with E-state index in [0.29, 0.717) is 6.04 Å². The minimum atomic E-state index is 0.317. The summed E-state index contributed by atoms with van der Waals surface area (Å²) >= 11 is 5.26. The van der Waals surface area contributed by atoms with Crippen LogP contribution < -0.4 is 10.1 Å². The van der Waals surface area contributed by atoms with Crippen molar-refractivity contribution in [2.45, 2.75) is 25.9 Å². The molecule has 0 amide bonds. The van der Waals surface area contributed by atoms with Crippen LogP contribution in [0.3, 0.4) is 0 Å². The van der Waals surface area contributed by atoms with Gasteiger partial charge < -0.3 is 10.1 Å². The van der Waals surface area contributed by atoms with Crippen molar-refractivity contribution in [3.8, 4) is 5.75 Å². The first-order valence-corrected chi connectivity index (χ1v) is 7.96. The van der Waals surface area contributed by atoms with Crippen LogP contribution in [-0.2, 0) is 6.54 Å². The molecule has 0 fully saturated rings. The van der Waals surface area contributed by atoms with Gasteiger partial charge in [0.15, 0.2) is 0 Å². The normalized spacial score (nSPS) is 12.4. The lowest BCUT2D eigenvalue weighted by atomic mass is 10.0. The van der Waals surface area contributed by atoms with E-state index in [1.54, 1.807) is 18.4 Å². The third-order valence-electron chi connectivity index (χ3n) is 3.07. The molecule has 0 saturated carbocycles. The van der Waals surface area contributed by atoms with Gasteiger partial charge in [0, 0.05) is 23.0 Å². The van der Waals surface area contributed by atoms with Gasteiger partial charge >= 0.3 is 0 Å². The van der Waals surface area contributed by atoms with E-state index in [-0.39, 0.29) is 0 Å². The van der Waals surface area contributed by atoms with Crippen LogP contribution in [0, 0.1) is 0 Å². The van der Waals surface area contributed by atoms with Gasteiger partial charge in [0.05, 0.1) is 10.9 Å². The first-order valence-electron chi connectivity index (χ1n) is 6.35. The maximum absolute atomic E-state index is 5.44. The average molecular weight is 340 g/mol. The van der Waals surface area contributed by atoms with E-state index in [0.717, 1.165) is 18.7 Å². The van der Waals surface area contributed by atoms with E-state index in [4.69, 9.17) is 4.74 Å². The van der Waals surface area contributed by atoms with Gasteiger partial charge in [-0.05, 0) is 40.5 Å². The minimum Gasteiger partial charge on any atom is -0.496 e. The molecule has 1 N–H and O–H groups in total. The number of methoxy groups -OCH3 is 1. The summed E-state index contributed by atoms with van der Waals surface area (Å²) in [5, 5.41) is 3.60. The van der Waals surface area contributed by atoms with Crippen LogP contribution in [0.1, 0.15) is 29.8 Å². The molecule has 1 aromatic carbocycles. The Balaban J connectivity index is 2.07. The lowest BCUT2D eigenvalue weighted by Gasteiger charge is -2.19. The Labute approximate surface area is 126 Å². The quantitative estimate of drug-likeness (QED) is 0.819. The molecule has 0 radical (unpaired) electrons. The number of thiophene rings is 1. The summed E-state index contributed by atoms with van der Waals surface area (Å²) in [6.07, 6.45) is 1.03. The second kappa shape index (κ2) is 7.08. The molecule has 19 heavy (non-hydrogen) atoms. The van der Waals surface area contributed by atoms with E-state index >= 15 is 0 Å². The number of nitrogens with one attached hydrogen (secondary N) is 1. The highest BCUT2D eigenvalue weighted by Crippen LogP contribution is 2.28. The van der Waals surface area contributed by atoms with Gasteiger partial charge in [-0.2, -0.15) is 0 Å². The van der Waals surface area contributed by atoms with Crippen LogP contribution in [0.4, 0.5) is 0 Å². The van der Waals surface area contributed by atoms with Gasteiger partial charge in [0.2, 0.25) is 0 Å². The summed E-state index contributed by atoms with van der Waals surface area (Å²) in [5.74, 6) is 0.953. The fourth-order valence-electron chi connectivity index (χ4n) is 2.10. The second-order valence-corrected chi connectivity index (χ2v) is 6.84. The summed E-state index contributed by atoms with van der Waals surface area (Å²) in [5.41, 5.74) is 1.23. The van der Waals surface area contributed by atoms with Crippen LogP contribution in [0.2, 0.25) is 0 Å². The standard InChI is InChI=1S/C15H18BrNOS/c1-3-13(12-6-4-5-7-14(12)18-2)17-10-11-8-9-15(16)19-11/h4-9,13,17H,3,10H2,1-2H3. The Morgan fingerprint density at radius 3 is 2.68 bits per heavy atom. The molecule has 0 spiro atoms. The topological polar surface area (TPSA) is 21.3 Å². The number of rotatable bonds is 6. The Morgan fingerprint density at radius 1 is 1.26 bits per heavy atom. The Morgan fingerprint density at radius 2 is 2.05 bits per heavy atom. The van der Waals surface area contributed by atoms with E-state index in [9.17, 15) is 0 Å². The summed E-state index contributed by atoms with van der Waals surface area (Å²) in [4.78, 5) is 1.33. The molecule has 1 unspecified atom stereocenters. The molecular formula is C15H18BrNOS. The zero-order valence-electron chi connectivity index (χ0n) is 11.2. The molecule has 1 heterocycles. The molecule has 2 nitrogen and oxygen atoms in total. The average Bonchev–Trinajstić information content (AvgIpc) is 2.86. The van der Waals surface area contributed by atoms with Crippen molar-refractivity contribution in [2.24, 2.45) is 0 Å². The van der Waals surface area contributed by atoms with Gasteiger partial charge in [-0.3, -0.25) is 0 Å². The highest BCUT2D eigenvalue weighted by Gasteiger charge is 2.13. The van der Waals surface area contributed by atoms with Crippen LogP contribution in [0.15, 0.2) is 40.2 Å². The van der Waals surface area contributed by atoms with E-state index in [1.165, 1.54) is 14.2 Å². The van der Waals surface area contributed by atoms with Crippen molar-refractivity contribution in [1.82, 2.24) is 5.32 Å². The highest BCUT2D eigenvalue weighted by molar-refractivity contribution is 9.11. The molecular weight excluding hydrogens is 322 g/mol. The summed E-state index contributed by atoms with van der Waals surface area (Å²) in [6, 6.07) is 12.8. The predicted molar refractivity (Wildman–Crippen MR) is 84.9 cm³/mol. The van der Waals surface area contributed by atoms with E-state index in [1.807, 2.05) is 12.1 Å². The van der Waals surface area contributed by atoms with Crippen LogP contribution in [-0.4, -0.2) is 7.11 Å². The number of halogens is 1. The number of hydrogen-bond donors (Lipinski definition) is 1. The van der Waals surface area contributed by atoms with Crippen molar-refractivity contribution >= 4 is 27.3 Å². The molecule has 0 saturated heterocycles. The molecule has 4 heteroatoms. The second-order valence-electron chi connectivity index (χ2n) is 4.29. The molecule has 0 aliphatic carbocycles. The van der Waals surface area contributed by atoms with E-state index in [2.05, 4.69) is 52.4 Å². The van der Waals surface area contributed by atoms with Crippen LogP contribution in [0.5, 0.6) is 5.75 Å². The number of para-hydroxylation sites is 1. The summed E-state index contributed by atoms with van der Waals surface area (Å²) < 4.78 is 6.61. The molecule has 0 bridgehead atoms. The van der Waals surface area contributed by atoms with Gasteiger partial charge in [0.1, 0.15) is 5.75 Å². The third kappa shape index (κ3) is 3.81. The lowest BCUT2D eigenvalue weighted by Crippen LogP contribution is -2.20. The first kappa shape index (κ1) is 14.6. The predicted octanol–water partition coefficient (Wildman–Crippen LogP) is 4.76. The van der Waals surface area contributed by atoms with Crippen molar-refractivity contribution in [3.05, 3.63) is 50.6 Å². The lowest BCUT2D eigenvalue weighted by molar-refractivity contribution is 0.397. The molecule has 2 aromatic rings. The maximum atomic E-state index is 5.44. The van der Waals surface area contributed by atoms with Crippen LogP contribution in [0.25, 0.3) is 0 Å². The monoisotopic (exact) mass is 339 g/mol. The smallest absolute Gasteiger partial charge is 0.123 e. The van der Waals surface area contributed by atoms with Crippen LogP contribution >= 0.6 is 27.3 Å². The maximum Gasteiger partial charge on any atom is 0.123 e. The van der Waals surface area contributed by atoms with Gasteiger partial charge in [-0.1, -0.05) is 25.1 Å². The Hall–Kier alpha value is -0.840. The number of ether oxygens (including phenoxy) is 1. The number of hydrogen-bond acceptors (Lipinski definition) is 3.